The Labute approximate surface area is 211 Å². The molecule has 9 nitrogen and oxygen atoms in total. The van der Waals surface area contributed by atoms with Crippen LogP contribution in [0.15, 0.2) is 60.7 Å². The van der Waals surface area contributed by atoms with E-state index in [-0.39, 0.29) is 36.6 Å². The highest BCUT2D eigenvalue weighted by Gasteiger charge is 2.38. The summed E-state index contributed by atoms with van der Waals surface area (Å²) in [5.74, 6) is -1.58. The topological polar surface area (TPSA) is 134 Å². The third kappa shape index (κ3) is 6.91. The minimum Gasteiger partial charge on any atom is -0.370 e. The van der Waals surface area contributed by atoms with Crippen molar-refractivity contribution in [2.45, 2.75) is 56.8 Å². The number of carbonyl (C=O) groups is 4. The molecule has 1 fully saturated rings. The normalized spacial score (nSPS) is 16.9. The van der Waals surface area contributed by atoms with E-state index in [0.717, 1.165) is 11.1 Å². The van der Waals surface area contributed by atoms with Crippen LogP contribution >= 0.6 is 0 Å². The first kappa shape index (κ1) is 26.9. The van der Waals surface area contributed by atoms with E-state index in [1.807, 2.05) is 60.7 Å². The zero-order valence-corrected chi connectivity index (χ0v) is 20.8. The predicted octanol–water partition coefficient (Wildman–Crippen LogP) is 1.24. The Bertz CT molecular complexity index is 1010. The molecule has 3 rings (SSSR count). The van der Waals surface area contributed by atoms with Crippen molar-refractivity contribution in [2.75, 3.05) is 13.6 Å². The third-order valence-corrected chi connectivity index (χ3v) is 6.51. The fourth-order valence-electron chi connectivity index (χ4n) is 4.36. The summed E-state index contributed by atoms with van der Waals surface area (Å²) in [5.41, 5.74) is 7.16. The fourth-order valence-corrected chi connectivity index (χ4v) is 4.36. The summed E-state index contributed by atoms with van der Waals surface area (Å²) >= 11 is 0. The molecule has 5 N–H and O–H groups in total. The van der Waals surface area contributed by atoms with Crippen LogP contribution in [-0.4, -0.2) is 60.2 Å². The van der Waals surface area contributed by atoms with Crippen LogP contribution in [0.4, 0.5) is 0 Å². The molecule has 192 valence electrons. The zero-order chi connectivity index (χ0) is 26.1. The Kier molecular flexibility index (Phi) is 9.58. The van der Waals surface area contributed by atoms with Gasteiger partial charge in [0.1, 0.15) is 12.1 Å². The Morgan fingerprint density at radius 3 is 2.08 bits per heavy atom. The van der Waals surface area contributed by atoms with Gasteiger partial charge in [0.2, 0.25) is 23.6 Å². The number of benzene rings is 2. The van der Waals surface area contributed by atoms with Crippen LogP contribution in [0.3, 0.4) is 0 Å². The molecule has 36 heavy (non-hydrogen) atoms. The second-order valence-corrected chi connectivity index (χ2v) is 9.03. The number of nitrogens with zero attached hydrogens (tertiary/aromatic N) is 1. The van der Waals surface area contributed by atoms with Crippen molar-refractivity contribution in [3.05, 3.63) is 71.8 Å². The van der Waals surface area contributed by atoms with Crippen LogP contribution in [-0.2, 0) is 19.2 Å². The maximum absolute atomic E-state index is 13.5. The largest absolute Gasteiger partial charge is 0.370 e. The predicted molar refractivity (Wildman–Crippen MR) is 136 cm³/mol. The fraction of sp³-hybridized carbons (Fsp3) is 0.407. The molecule has 1 heterocycles. The van der Waals surface area contributed by atoms with Gasteiger partial charge in [0.15, 0.2) is 0 Å². The van der Waals surface area contributed by atoms with Crippen LogP contribution in [0, 0.1) is 0 Å². The van der Waals surface area contributed by atoms with Crippen LogP contribution in [0.2, 0.25) is 0 Å². The molecule has 3 atom stereocenters. The summed E-state index contributed by atoms with van der Waals surface area (Å²) in [6, 6.07) is 16.8. The van der Waals surface area contributed by atoms with Crippen molar-refractivity contribution in [1.29, 1.82) is 0 Å². The molecular formula is C27H35N5O4. The van der Waals surface area contributed by atoms with Gasteiger partial charge in [0.05, 0.1) is 12.1 Å². The molecule has 2 aromatic rings. The first-order valence-corrected chi connectivity index (χ1v) is 12.3. The van der Waals surface area contributed by atoms with Gasteiger partial charge >= 0.3 is 0 Å². The number of likely N-dealkylation sites (N-methyl/N-ethyl adjacent to an activating group) is 1. The zero-order valence-electron chi connectivity index (χ0n) is 20.8. The Morgan fingerprint density at radius 2 is 1.56 bits per heavy atom. The first-order chi connectivity index (χ1) is 17.3. The molecule has 1 aliphatic rings. The van der Waals surface area contributed by atoms with Crippen LogP contribution in [0.25, 0.3) is 0 Å². The molecule has 0 saturated carbocycles. The lowest BCUT2D eigenvalue weighted by Crippen LogP contribution is -2.55. The number of hydrogen-bond acceptors (Lipinski definition) is 5. The number of nitrogens with one attached hydrogen (secondary N) is 3. The Balaban J connectivity index is 1.79. The van der Waals surface area contributed by atoms with E-state index < -0.39 is 24.0 Å². The van der Waals surface area contributed by atoms with E-state index in [4.69, 9.17) is 5.73 Å². The summed E-state index contributed by atoms with van der Waals surface area (Å²) in [7, 11) is 1.64. The van der Waals surface area contributed by atoms with Crippen LogP contribution < -0.4 is 21.7 Å². The number of amides is 4. The van der Waals surface area contributed by atoms with Crippen molar-refractivity contribution in [1.82, 2.24) is 20.9 Å². The monoisotopic (exact) mass is 493 g/mol. The first-order valence-electron chi connectivity index (χ1n) is 12.3. The SMILES string of the molecule is CN[C@@H](C)C(=O)N[C@@H](CCC(N)=O)C(=O)N1CCC[C@H]1C(=O)NC(c1ccccc1)c1ccccc1. The molecule has 1 aliphatic heterocycles. The van der Waals surface area contributed by atoms with Gasteiger partial charge < -0.3 is 26.6 Å². The highest BCUT2D eigenvalue weighted by molar-refractivity contribution is 5.94. The van der Waals surface area contributed by atoms with Crippen molar-refractivity contribution < 1.29 is 19.2 Å². The average molecular weight is 494 g/mol. The number of rotatable bonds is 11. The summed E-state index contributed by atoms with van der Waals surface area (Å²) in [6.07, 6.45) is 1.18. The van der Waals surface area contributed by atoms with Gasteiger partial charge in [-0.15, -0.1) is 0 Å². The molecule has 0 bridgehead atoms. The van der Waals surface area contributed by atoms with Crippen LogP contribution in [0.1, 0.15) is 49.8 Å². The number of hydrogen-bond donors (Lipinski definition) is 4. The maximum atomic E-state index is 13.5. The number of nitrogens with two attached hydrogens (primary N) is 1. The van der Waals surface area contributed by atoms with Gasteiger partial charge in [-0.1, -0.05) is 60.7 Å². The van der Waals surface area contributed by atoms with Crippen molar-refractivity contribution in [2.24, 2.45) is 5.73 Å². The Hall–Kier alpha value is -3.72. The van der Waals surface area contributed by atoms with E-state index >= 15 is 0 Å². The average Bonchev–Trinajstić information content (AvgIpc) is 3.39. The molecule has 0 aromatic heterocycles. The second kappa shape index (κ2) is 12.8. The lowest BCUT2D eigenvalue weighted by molar-refractivity contribution is -0.142. The second-order valence-electron chi connectivity index (χ2n) is 9.03. The Morgan fingerprint density at radius 1 is 0.972 bits per heavy atom. The van der Waals surface area contributed by atoms with Gasteiger partial charge in [0, 0.05) is 13.0 Å². The molecule has 4 amide bonds. The summed E-state index contributed by atoms with van der Waals surface area (Å²) in [5, 5.41) is 8.68. The molecule has 0 radical (unpaired) electrons. The summed E-state index contributed by atoms with van der Waals surface area (Å²) in [6.45, 7) is 2.06. The van der Waals surface area contributed by atoms with Gasteiger partial charge in [-0.2, -0.15) is 0 Å². The minimum absolute atomic E-state index is 0.0561. The maximum Gasteiger partial charge on any atom is 0.245 e. The number of likely N-dealkylation sites (tertiary alicyclic amines) is 1. The molecule has 0 spiro atoms. The van der Waals surface area contributed by atoms with Gasteiger partial charge in [-0.05, 0) is 44.4 Å². The highest BCUT2D eigenvalue weighted by atomic mass is 16.2. The lowest BCUT2D eigenvalue weighted by Gasteiger charge is -2.30. The van der Waals surface area contributed by atoms with Crippen molar-refractivity contribution >= 4 is 23.6 Å². The molecular weight excluding hydrogens is 458 g/mol. The highest BCUT2D eigenvalue weighted by Crippen LogP contribution is 2.25. The third-order valence-electron chi connectivity index (χ3n) is 6.51. The van der Waals surface area contributed by atoms with E-state index in [2.05, 4.69) is 16.0 Å². The van der Waals surface area contributed by atoms with Gasteiger partial charge in [-0.3, -0.25) is 19.2 Å². The van der Waals surface area contributed by atoms with Crippen LogP contribution in [0.5, 0.6) is 0 Å². The summed E-state index contributed by atoms with van der Waals surface area (Å²) < 4.78 is 0. The van der Waals surface area contributed by atoms with Gasteiger partial charge in [-0.25, -0.2) is 0 Å². The molecule has 1 saturated heterocycles. The smallest absolute Gasteiger partial charge is 0.245 e. The molecule has 2 aromatic carbocycles. The summed E-state index contributed by atoms with van der Waals surface area (Å²) in [4.78, 5) is 52.4. The molecule has 0 unspecified atom stereocenters. The van der Waals surface area contributed by atoms with Gasteiger partial charge in [0.25, 0.3) is 0 Å². The number of primary amides is 1. The van der Waals surface area contributed by atoms with E-state index in [0.29, 0.717) is 19.4 Å². The number of carbonyl (C=O) groups excluding carboxylic acids is 4. The van der Waals surface area contributed by atoms with E-state index in [1.54, 1.807) is 14.0 Å². The van der Waals surface area contributed by atoms with Crippen molar-refractivity contribution in [3.63, 3.8) is 0 Å². The molecule has 0 aliphatic carbocycles. The van der Waals surface area contributed by atoms with E-state index in [9.17, 15) is 19.2 Å². The minimum atomic E-state index is -0.951. The van der Waals surface area contributed by atoms with Crippen molar-refractivity contribution in [3.8, 4) is 0 Å². The lowest BCUT2D eigenvalue weighted by atomic mass is 9.98. The molecule has 9 heteroatoms. The van der Waals surface area contributed by atoms with E-state index in [1.165, 1.54) is 4.90 Å². The quantitative estimate of drug-likeness (QED) is 0.374. The standard InChI is InChI=1S/C27H35N5O4/c1-18(29-2)25(34)30-21(15-16-23(28)33)27(36)32-17-9-14-22(32)26(35)31-24(19-10-5-3-6-11-19)20-12-7-4-8-13-20/h3-8,10-13,18,21-22,24,29H,9,14-17H2,1-2H3,(H2,28,33)(H,30,34)(H,31,35)/t18-,21-,22-/m0/s1.